The van der Waals surface area contributed by atoms with Crippen LogP contribution in [0.4, 0.5) is 0 Å². The molecule has 15 heavy (non-hydrogen) atoms. The Kier molecular flexibility index (Phi) is 2.21. The van der Waals surface area contributed by atoms with Crippen molar-refractivity contribution in [3.8, 4) is 0 Å². The summed E-state index contributed by atoms with van der Waals surface area (Å²) in [5.41, 5.74) is 0.206. The second kappa shape index (κ2) is 3.35. The van der Waals surface area contributed by atoms with Crippen molar-refractivity contribution in [1.82, 2.24) is 0 Å². The van der Waals surface area contributed by atoms with Crippen LogP contribution in [-0.2, 0) is 4.79 Å². The summed E-state index contributed by atoms with van der Waals surface area (Å²) in [5, 5.41) is 0.844. The quantitative estimate of drug-likeness (QED) is 0.518. The molecule has 0 aliphatic heterocycles. The van der Waals surface area contributed by atoms with Gasteiger partial charge in [0.2, 0.25) is 0 Å². The Labute approximate surface area is 95.9 Å². The summed E-state index contributed by atoms with van der Waals surface area (Å²) in [5.74, 6) is 2.68. The molecule has 4 bridgehead atoms. The summed E-state index contributed by atoms with van der Waals surface area (Å²) in [7, 11) is 0. The number of carbonyl (C=O) groups excluding carboxylic acids is 1. The van der Waals surface area contributed by atoms with Crippen LogP contribution in [0.5, 0.6) is 0 Å². The zero-order valence-electron chi connectivity index (χ0n) is 8.92. The van der Waals surface area contributed by atoms with E-state index in [0.717, 1.165) is 29.1 Å². The molecule has 4 saturated carbocycles. The maximum absolute atomic E-state index is 10.5. The number of hydrogen-bond acceptors (Lipinski definition) is 1. The van der Waals surface area contributed by atoms with Crippen molar-refractivity contribution in [3.63, 3.8) is 0 Å². The molecule has 4 rings (SSSR count). The average Bonchev–Trinajstić information content (AvgIpc) is 2.15. The molecule has 82 valence electrons. The molecule has 2 heteroatoms. The zero-order valence-corrected chi connectivity index (χ0v) is 9.67. The van der Waals surface area contributed by atoms with Gasteiger partial charge in [0, 0.05) is 10.4 Å². The molecule has 0 aromatic heterocycles. The molecule has 0 radical (unpaired) electrons. The standard InChI is InChI=1S/C13H17ClO/c14-12(1-2-15)13-6-9-3-10(7-13)5-11(4-9)8-13/h1-2,9-11H,3-8H2/b12-1-. The Morgan fingerprint density at radius 2 is 1.53 bits per heavy atom. The summed E-state index contributed by atoms with van der Waals surface area (Å²) in [6, 6.07) is 0. The summed E-state index contributed by atoms with van der Waals surface area (Å²) >= 11 is 6.33. The highest BCUT2D eigenvalue weighted by atomic mass is 35.5. The lowest BCUT2D eigenvalue weighted by Gasteiger charge is -2.56. The van der Waals surface area contributed by atoms with Gasteiger partial charge in [-0.3, -0.25) is 4.79 Å². The smallest absolute Gasteiger partial charge is 0.144 e. The lowest BCUT2D eigenvalue weighted by atomic mass is 9.49. The zero-order chi connectivity index (χ0) is 10.5. The Balaban J connectivity index is 1.93. The Morgan fingerprint density at radius 3 is 1.93 bits per heavy atom. The first-order valence-electron chi connectivity index (χ1n) is 6.03. The molecule has 4 fully saturated rings. The fourth-order valence-electron chi connectivity index (χ4n) is 4.64. The van der Waals surface area contributed by atoms with Crippen LogP contribution in [0.2, 0.25) is 0 Å². The minimum absolute atomic E-state index is 0.206. The molecule has 4 aliphatic carbocycles. The number of carbonyl (C=O) groups is 1. The third-order valence-corrected chi connectivity index (χ3v) is 5.29. The normalized spacial score (nSPS) is 48.3. The van der Waals surface area contributed by atoms with Gasteiger partial charge in [-0.2, -0.15) is 0 Å². The first kappa shape index (κ1) is 9.89. The van der Waals surface area contributed by atoms with Gasteiger partial charge in [-0.25, -0.2) is 0 Å². The summed E-state index contributed by atoms with van der Waals surface area (Å²) in [6.45, 7) is 0. The van der Waals surface area contributed by atoms with E-state index in [0.29, 0.717) is 0 Å². The summed E-state index contributed by atoms with van der Waals surface area (Å²) < 4.78 is 0. The number of allylic oxidation sites excluding steroid dienone is 2. The minimum atomic E-state index is 0.206. The van der Waals surface area contributed by atoms with Crippen LogP contribution in [0.3, 0.4) is 0 Å². The molecule has 0 unspecified atom stereocenters. The molecule has 1 nitrogen and oxygen atoms in total. The molecular weight excluding hydrogens is 208 g/mol. The van der Waals surface area contributed by atoms with Gasteiger partial charge in [-0.1, -0.05) is 11.6 Å². The van der Waals surface area contributed by atoms with E-state index in [9.17, 15) is 4.79 Å². The van der Waals surface area contributed by atoms with Crippen molar-refractivity contribution in [3.05, 3.63) is 11.1 Å². The minimum Gasteiger partial charge on any atom is -0.299 e. The van der Waals surface area contributed by atoms with Crippen molar-refractivity contribution in [2.45, 2.75) is 38.5 Å². The Morgan fingerprint density at radius 1 is 1.07 bits per heavy atom. The first-order chi connectivity index (χ1) is 7.22. The molecule has 0 aromatic carbocycles. The number of aldehydes is 1. The van der Waals surface area contributed by atoms with Crippen molar-refractivity contribution in [2.75, 3.05) is 0 Å². The van der Waals surface area contributed by atoms with E-state index in [1.807, 2.05) is 0 Å². The van der Waals surface area contributed by atoms with Crippen LogP contribution in [0.25, 0.3) is 0 Å². The predicted octanol–water partition coefficient (Wildman–Crippen LogP) is 3.52. The molecule has 4 aliphatic rings. The molecule has 0 spiro atoms. The van der Waals surface area contributed by atoms with E-state index in [-0.39, 0.29) is 5.41 Å². The fraction of sp³-hybridized carbons (Fsp3) is 0.769. The van der Waals surface area contributed by atoms with Crippen LogP contribution in [-0.4, -0.2) is 6.29 Å². The van der Waals surface area contributed by atoms with Crippen LogP contribution in [0, 0.1) is 23.2 Å². The van der Waals surface area contributed by atoms with E-state index in [4.69, 9.17) is 11.6 Å². The second-order valence-corrected chi connectivity index (χ2v) is 6.26. The van der Waals surface area contributed by atoms with Gasteiger partial charge >= 0.3 is 0 Å². The molecule has 0 aromatic rings. The van der Waals surface area contributed by atoms with E-state index < -0.39 is 0 Å². The van der Waals surface area contributed by atoms with Crippen molar-refractivity contribution in [2.24, 2.45) is 23.2 Å². The molecule has 0 amide bonds. The van der Waals surface area contributed by atoms with Crippen molar-refractivity contribution in [1.29, 1.82) is 0 Å². The predicted molar refractivity (Wildman–Crippen MR) is 60.6 cm³/mol. The maximum atomic E-state index is 10.5. The molecule has 0 heterocycles. The van der Waals surface area contributed by atoms with Crippen LogP contribution >= 0.6 is 11.6 Å². The summed E-state index contributed by atoms with van der Waals surface area (Å²) in [4.78, 5) is 10.5. The van der Waals surface area contributed by atoms with Gasteiger partial charge in [0.05, 0.1) is 0 Å². The van der Waals surface area contributed by atoms with Gasteiger partial charge in [-0.05, 0) is 62.4 Å². The fourth-order valence-corrected chi connectivity index (χ4v) is 4.92. The lowest BCUT2D eigenvalue weighted by Crippen LogP contribution is -2.46. The van der Waals surface area contributed by atoms with Crippen molar-refractivity contribution < 1.29 is 4.79 Å². The highest BCUT2D eigenvalue weighted by molar-refractivity contribution is 6.31. The topological polar surface area (TPSA) is 17.1 Å². The summed E-state index contributed by atoms with van der Waals surface area (Å²) in [6.07, 6.45) is 10.4. The van der Waals surface area contributed by atoms with Crippen LogP contribution in [0.15, 0.2) is 11.1 Å². The third kappa shape index (κ3) is 1.47. The van der Waals surface area contributed by atoms with Crippen molar-refractivity contribution >= 4 is 17.9 Å². The van der Waals surface area contributed by atoms with Crippen LogP contribution in [0.1, 0.15) is 38.5 Å². The van der Waals surface area contributed by atoms with Gasteiger partial charge in [0.15, 0.2) is 0 Å². The Hall–Kier alpha value is -0.300. The SMILES string of the molecule is O=C/C=C(\Cl)C12CC3CC(CC(C3)C1)C2. The van der Waals surface area contributed by atoms with E-state index >= 15 is 0 Å². The molecular formula is C13H17ClO. The van der Waals surface area contributed by atoms with E-state index in [1.54, 1.807) is 6.08 Å². The van der Waals surface area contributed by atoms with E-state index in [1.165, 1.54) is 38.5 Å². The Bertz CT molecular complexity index is 283. The maximum Gasteiger partial charge on any atom is 0.144 e. The van der Waals surface area contributed by atoms with Gasteiger partial charge in [0.1, 0.15) is 6.29 Å². The number of halogens is 1. The molecule has 0 atom stereocenters. The number of hydrogen-bond donors (Lipinski definition) is 0. The monoisotopic (exact) mass is 224 g/mol. The second-order valence-electron chi connectivity index (χ2n) is 5.85. The third-order valence-electron chi connectivity index (χ3n) is 4.76. The average molecular weight is 225 g/mol. The van der Waals surface area contributed by atoms with Crippen LogP contribution < -0.4 is 0 Å². The van der Waals surface area contributed by atoms with Gasteiger partial charge in [0.25, 0.3) is 0 Å². The molecule has 0 saturated heterocycles. The molecule has 0 N–H and O–H groups in total. The first-order valence-corrected chi connectivity index (χ1v) is 6.41. The number of rotatable bonds is 2. The largest absolute Gasteiger partial charge is 0.299 e. The van der Waals surface area contributed by atoms with Gasteiger partial charge in [-0.15, -0.1) is 0 Å². The highest BCUT2D eigenvalue weighted by Crippen LogP contribution is 2.63. The lowest BCUT2D eigenvalue weighted by molar-refractivity contribution is -0.104. The highest BCUT2D eigenvalue weighted by Gasteiger charge is 2.52. The van der Waals surface area contributed by atoms with Gasteiger partial charge < -0.3 is 0 Å². The van der Waals surface area contributed by atoms with E-state index in [2.05, 4.69) is 0 Å².